The minimum Gasteiger partial charge on any atom is -0.756 e. The second-order valence-corrected chi connectivity index (χ2v) is 25.7. The molecule has 0 rings (SSSR count). The minimum absolute atomic E-state index is 0.0303. The lowest BCUT2D eigenvalue weighted by molar-refractivity contribution is -0.870. The van der Waals surface area contributed by atoms with Crippen LogP contribution in [0, 0.1) is 0 Å². The first kappa shape index (κ1) is 79.9. The van der Waals surface area contributed by atoms with Crippen LogP contribution < -0.4 is 10.2 Å². The number of phosphoric acid groups is 1. The lowest BCUT2D eigenvalue weighted by Crippen LogP contribution is -2.47. The second kappa shape index (κ2) is 62.0. The fraction of sp³-hybridized carbons (Fsp3) is 0.753. The van der Waals surface area contributed by atoms with Gasteiger partial charge in [-0.2, -0.15) is 0 Å². The van der Waals surface area contributed by atoms with E-state index in [4.69, 9.17) is 13.8 Å². The van der Waals surface area contributed by atoms with E-state index in [9.17, 15) is 19.0 Å². The molecule has 3 unspecified atom stereocenters. The van der Waals surface area contributed by atoms with Crippen molar-refractivity contribution in [2.75, 3.05) is 40.9 Å². The molecule has 10 heteroatoms. The normalized spacial score (nSPS) is 14.2. The fourth-order valence-electron chi connectivity index (χ4n) is 9.63. The molecule has 0 aliphatic carbocycles. The van der Waals surface area contributed by atoms with E-state index in [-0.39, 0.29) is 24.9 Å². The van der Waals surface area contributed by atoms with Gasteiger partial charge in [0.25, 0.3) is 7.82 Å². The maximum atomic E-state index is 13.6. The summed E-state index contributed by atoms with van der Waals surface area (Å²) in [6, 6.07) is -0.905. The Kier molecular flexibility index (Phi) is 59.7. The molecule has 0 aromatic rings. The van der Waals surface area contributed by atoms with E-state index >= 15 is 0 Å². The predicted molar refractivity (Wildman–Crippen MR) is 358 cm³/mol. The van der Waals surface area contributed by atoms with E-state index in [2.05, 4.69) is 111 Å². The Balaban J connectivity index is 5.21. The number of carbonyl (C=O) groups excluding carboxylic acids is 2. The van der Waals surface area contributed by atoms with E-state index in [0.717, 1.165) is 116 Å². The molecule has 0 heterocycles. The van der Waals surface area contributed by atoms with Crippen LogP contribution in [0.25, 0.3) is 0 Å². The number of allylic oxidation sites excluding steroid dienone is 15. The van der Waals surface area contributed by atoms with Gasteiger partial charge in [0.15, 0.2) is 0 Å². The van der Waals surface area contributed by atoms with Gasteiger partial charge < -0.3 is 28.5 Å². The van der Waals surface area contributed by atoms with Crippen molar-refractivity contribution in [2.45, 2.75) is 315 Å². The Bertz CT molecular complexity index is 1740. The number of ether oxygens (including phenoxy) is 1. The monoisotopic (exact) mass is 1180 g/mol. The molecule has 480 valence electrons. The van der Waals surface area contributed by atoms with Crippen molar-refractivity contribution in [1.29, 1.82) is 0 Å². The number of nitrogens with zero attached hydrogens (tertiary/aromatic N) is 1. The summed E-state index contributed by atoms with van der Waals surface area (Å²) in [5.74, 6) is -0.564. The van der Waals surface area contributed by atoms with E-state index < -0.39 is 26.6 Å². The predicted octanol–water partition coefficient (Wildman–Crippen LogP) is 21.3. The fourth-order valence-corrected chi connectivity index (χ4v) is 10.4. The van der Waals surface area contributed by atoms with Gasteiger partial charge in [0.1, 0.15) is 19.3 Å². The third kappa shape index (κ3) is 63.3. The molecule has 0 fully saturated rings. The molecule has 0 spiro atoms. The number of likely N-dealkylation sites (N-methyl/N-ethyl adjacent to an activating group) is 1. The number of unbranched alkanes of at least 4 members (excludes halogenated alkanes) is 32. The number of carbonyl (C=O) groups is 2. The maximum Gasteiger partial charge on any atom is 0.306 e. The van der Waals surface area contributed by atoms with Gasteiger partial charge in [-0.1, -0.05) is 272 Å². The van der Waals surface area contributed by atoms with Crippen LogP contribution in [0.4, 0.5) is 0 Å². The van der Waals surface area contributed by atoms with Crippen molar-refractivity contribution in [3.63, 3.8) is 0 Å². The molecule has 3 atom stereocenters. The zero-order valence-corrected chi connectivity index (χ0v) is 55.8. The minimum atomic E-state index is -4.72. The topological polar surface area (TPSA) is 114 Å². The average molecular weight is 1180 g/mol. The average Bonchev–Trinajstić information content (AvgIpc) is 3.47. The SMILES string of the molecule is CCCCC/C=C\C/C=C\C/C=C\C/C=C\CCCCCCCC(=O)OC(/C=C/CCCCCCCCCCCCC)C(COP(=O)([O-])OCC[N+](C)(C)C)NC(=O)CCCCCCCCCCCC/C=C\C/C=C\C/C=C\CCCCC. The van der Waals surface area contributed by atoms with Gasteiger partial charge in [0.05, 0.1) is 33.8 Å². The molecule has 1 N–H and O–H groups in total. The largest absolute Gasteiger partial charge is 0.756 e. The van der Waals surface area contributed by atoms with E-state index in [0.29, 0.717) is 23.9 Å². The third-order valence-electron chi connectivity index (χ3n) is 15.0. The summed E-state index contributed by atoms with van der Waals surface area (Å²) in [6.07, 6.45) is 83.7. The summed E-state index contributed by atoms with van der Waals surface area (Å²) in [5, 5.41) is 3.03. The zero-order chi connectivity index (χ0) is 60.7. The van der Waals surface area contributed by atoms with Crippen molar-refractivity contribution < 1.29 is 37.3 Å². The summed E-state index contributed by atoms with van der Waals surface area (Å²) in [7, 11) is 1.16. The number of quaternary nitrogens is 1. The molecular formula is C73H131N2O7P. The van der Waals surface area contributed by atoms with Gasteiger partial charge in [0, 0.05) is 12.8 Å². The van der Waals surface area contributed by atoms with Gasteiger partial charge in [-0.3, -0.25) is 14.2 Å². The Labute approximate surface area is 513 Å². The smallest absolute Gasteiger partial charge is 0.306 e. The number of hydrogen-bond acceptors (Lipinski definition) is 7. The molecule has 0 saturated heterocycles. The van der Waals surface area contributed by atoms with E-state index in [1.54, 1.807) is 0 Å². The van der Waals surface area contributed by atoms with E-state index in [1.807, 2.05) is 33.3 Å². The first-order valence-electron chi connectivity index (χ1n) is 34.5. The van der Waals surface area contributed by atoms with Crippen LogP contribution in [-0.2, 0) is 27.9 Å². The number of amides is 1. The summed E-state index contributed by atoms with van der Waals surface area (Å²) in [4.78, 5) is 40.2. The van der Waals surface area contributed by atoms with Crippen LogP contribution >= 0.6 is 7.82 Å². The Morgan fingerprint density at radius 3 is 1.12 bits per heavy atom. The summed E-state index contributed by atoms with van der Waals surface area (Å²) < 4.78 is 30.4. The Morgan fingerprint density at radius 2 is 0.735 bits per heavy atom. The van der Waals surface area contributed by atoms with Crippen molar-refractivity contribution >= 4 is 19.7 Å². The quantitative estimate of drug-likeness (QED) is 0.0212. The molecule has 0 radical (unpaired) electrons. The summed E-state index contributed by atoms with van der Waals surface area (Å²) in [6.45, 7) is 6.79. The molecule has 0 bridgehead atoms. The van der Waals surface area contributed by atoms with Crippen LogP contribution in [0.3, 0.4) is 0 Å². The molecule has 9 nitrogen and oxygen atoms in total. The van der Waals surface area contributed by atoms with Crippen LogP contribution in [0.5, 0.6) is 0 Å². The highest BCUT2D eigenvalue weighted by Gasteiger charge is 2.27. The molecule has 0 saturated carbocycles. The third-order valence-corrected chi connectivity index (χ3v) is 16.0. The van der Waals surface area contributed by atoms with Gasteiger partial charge in [0.2, 0.25) is 5.91 Å². The Hall–Kier alpha value is -3.07. The van der Waals surface area contributed by atoms with Crippen LogP contribution in [-0.4, -0.2) is 69.4 Å². The van der Waals surface area contributed by atoms with Crippen molar-refractivity contribution in [1.82, 2.24) is 5.32 Å². The molecule has 0 aromatic heterocycles. The van der Waals surface area contributed by atoms with Gasteiger partial charge in [-0.05, 0) is 115 Å². The first-order chi connectivity index (χ1) is 40.4. The molecule has 0 aliphatic rings. The number of nitrogens with one attached hydrogen (secondary N) is 1. The summed E-state index contributed by atoms with van der Waals surface area (Å²) >= 11 is 0. The number of phosphoric ester groups is 1. The molecular weight excluding hydrogens is 1050 g/mol. The van der Waals surface area contributed by atoms with Crippen molar-refractivity contribution in [3.8, 4) is 0 Å². The van der Waals surface area contributed by atoms with Gasteiger partial charge in [-0.25, -0.2) is 0 Å². The zero-order valence-electron chi connectivity index (χ0n) is 54.9. The van der Waals surface area contributed by atoms with Crippen molar-refractivity contribution in [2.24, 2.45) is 0 Å². The van der Waals surface area contributed by atoms with Gasteiger partial charge >= 0.3 is 5.97 Å². The van der Waals surface area contributed by atoms with Crippen LogP contribution in [0.1, 0.15) is 303 Å². The summed E-state index contributed by atoms with van der Waals surface area (Å²) in [5.41, 5.74) is 0. The highest BCUT2D eigenvalue weighted by atomic mass is 31.2. The molecule has 83 heavy (non-hydrogen) atoms. The molecule has 0 aliphatic heterocycles. The molecule has 0 aromatic carbocycles. The maximum absolute atomic E-state index is 13.6. The van der Waals surface area contributed by atoms with Crippen LogP contribution in [0.15, 0.2) is 97.2 Å². The van der Waals surface area contributed by atoms with Crippen LogP contribution in [0.2, 0.25) is 0 Å². The lowest BCUT2D eigenvalue weighted by atomic mass is 10.0. The lowest BCUT2D eigenvalue weighted by Gasteiger charge is -2.30. The highest BCUT2D eigenvalue weighted by Crippen LogP contribution is 2.38. The second-order valence-electron chi connectivity index (χ2n) is 24.3. The number of rotatable bonds is 62. The molecule has 1 amide bonds. The number of esters is 1. The van der Waals surface area contributed by atoms with Crippen molar-refractivity contribution in [3.05, 3.63) is 97.2 Å². The Morgan fingerprint density at radius 1 is 0.422 bits per heavy atom. The highest BCUT2D eigenvalue weighted by molar-refractivity contribution is 7.45. The van der Waals surface area contributed by atoms with E-state index in [1.165, 1.54) is 148 Å². The standard InChI is InChI=1S/C73H131N2O7P/c1-7-10-13-16-19-22-25-28-30-32-34-36-37-39-40-42-44-47-50-53-56-59-62-65-72(76)74-70(69-81-83(78,79)80-68-67-75(4,5)6)71(64-61-58-55-52-49-46-27-24-21-18-15-12-9-3)82-73(77)66-63-60-57-54-51-48-45-43-41-38-35-33-31-29-26-23-20-17-14-11-8-2/h19-20,22-23,28-31,34-36,38,43,45,61,64,70-71H,7-18,21,24-27,32-33,37,39-42,44,46-60,62-63,65-69H2,1-6H3,(H-,74,76,78,79)/b22-19-,23-20-,30-28-,31-29-,36-34-,38-35-,45-43-,64-61+. The first-order valence-corrected chi connectivity index (χ1v) is 36.0. The number of hydrogen-bond donors (Lipinski definition) is 1. The van der Waals surface area contributed by atoms with Gasteiger partial charge in [-0.15, -0.1) is 0 Å².